The van der Waals surface area contributed by atoms with Crippen molar-refractivity contribution in [3.05, 3.63) is 35.4 Å². The second-order valence-electron chi connectivity index (χ2n) is 7.23. The fraction of sp³-hybridized carbons (Fsp3) is 0.526. The van der Waals surface area contributed by atoms with Gasteiger partial charge in [-0.25, -0.2) is 0 Å². The van der Waals surface area contributed by atoms with E-state index in [0.29, 0.717) is 5.56 Å². The zero-order valence-electron chi connectivity index (χ0n) is 13.7. The summed E-state index contributed by atoms with van der Waals surface area (Å²) in [5.74, 6) is -1.45. The highest BCUT2D eigenvalue weighted by Gasteiger charge is 2.64. The first-order valence-electron chi connectivity index (χ1n) is 8.47. The number of hydrogen-bond donors (Lipinski definition) is 0. The lowest BCUT2D eigenvalue weighted by Crippen LogP contribution is -2.36. The number of benzene rings is 1. The molecule has 1 aromatic carbocycles. The van der Waals surface area contributed by atoms with Gasteiger partial charge in [0.2, 0.25) is 5.78 Å². The molecule has 1 aromatic rings. The summed E-state index contributed by atoms with van der Waals surface area (Å²) in [6.07, 6.45) is 0.726. The molecular weight excluding hydrogens is 308 g/mol. The predicted octanol–water partition coefficient (Wildman–Crippen LogP) is 2.31. The molecule has 0 spiro atoms. The van der Waals surface area contributed by atoms with Crippen molar-refractivity contribution in [2.75, 3.05) is 0 Å². The van der Waals surface area contributed by atoms with Crippen LogP contribution >= 0.6 is 0 Å². The number of rotatable bonds is 4. The smallest absolute Gasteiger partial charge is 0.310 e. The highest BCUT2D eigenvalue weighted by molar-refractivity contribution is 6.00. The van der Waals surface area contributed by atoms with Crippen LogP contribution in [0.3, 0.4) is 0 Å². The molecule has 126 valence electrons. The molecular formula is C19H20O5. The summed E-state index contributed by atoms with van der Waals surface area (Å²) in [5.41, 5.74) is 1.58. The van der Waals surface area contributed by atoms with Crippen LogP contribution in [-0.2, 0) is 19.1 Å². The van der Waals surface area contributed by atoms with Crippen LogP contribution in [0.2, 0.25) is 0 Å². The van der Waals surface area contributed by atoms with Crippen LogP contribution in [0, 0.1) is 30.6 Å². The minimum Gasteiger partial charge on any atom is -0.462 e. The maximum absolute atomic E-state index is 12.6. The van der Waals surface area contributed by atoms with Crippen LogP contribution in [0.15, 0.2) is 24.3 Å². The molecule has 1 aliphatic heterocycles. The highest BCUT2D eigenvalue weighted by atomic mass is 16.6. The van der Waals surface area contributed by atoms with E-state index in [9.17, 15) is 14.4 Å². The summed E-state index contributed by atoms with van der Waals surface area (Å²) >= 11 is 0. The van der Waals surface area contributed by atoms with Crippen molar-refractivity contribution in [2.24, 2.45) is 23.7 Å². The maximum atomic E-state index is 12.6. The molecule has 0 aromatic heterocycles. The number of carbonyl (C=O) groups excluding carboxylic acids is 3. The first-order valence-corrected chi connectivity index (χ1v) is 8.47. The summed E-state index contributed by atoms with van der Waals surface area (Å²) in [7, 11) is 0. The third-order valence-electron chi connectivity index (χ3n) is 5.75. The molecule has 5 heteroatoms. The Morgan fingerprint density at radius 1 is 1.21 bits per heavy atom. The molecule has 5 nitrogen and oxygen atoms in total. The Hall–Kier alpha value is -2.17. The van der Waals surface area contributed by atoms with Crippen molar-refractivity contribution < 1.29 is 23.9 Å². The molecule has 2 saturated carbocycles. The third-order valence-corrected chi connectivity index (χ3v) is 5.75. The Labute approximate surface area is 140 Å². The molecule has 6 atom stereocenters. The van der Waals surface area contributed by atoms with Crippen molar-refractivity contribution >= 4 is 17.7 Å². The van der Waals surface area contributed by atoms with Gasteiger partial charge in [0.1, 0.15) is 6.10 Å². The third kappa shape index (κ3) is 2.26. The highest BCUT2D eigenvalue weighted by Crippen LogP contribution is 2.58. The summed E-state index contributed by atoms with van der Waals surface area (Å²) in [6.45, 7) is 3.53. The molecule has 0 unspecified atom stereocenters. The van der Waals surface area contributed by atoms with Gasteiger partial charge in [-0.15, -0.1) is 0 Å². The lowest BCUT2D eigenvalue weighted by atomic mass is 9.80. The quantitative estimate of drug-likeness (QED) is 0.626. The molecule has 2 aliphatic carbocycles. The number of ketones is 1. The first-order chi connectivity index (χ1) is 11.5. The van der Waals surface area contributed by atoms with Crippen LogP contribution < -0.4 is 0 Å². The van der Waals surface area contributed by atoms with Gasteiger partial charge in [-0.05, 0) is 32.6 Å². The van der Waals surface area contributed by atoms with Gasteiger partial charge < -0.3 is 9.47 Å². The summed E-state index contributed by atoms with van der Waals surface area (Å²) in [6, 6.07) is 7.18. The van der Waals surface area contributed by atoms with E-state index < -0.39 is 18.0 Å². The summed E-state index contributed by atoms with van der Waals surface area (Å²) in [4.78, 5) is 37.0. The molecule has 1 heterocycles. The van der Waals surface area contributed by atoms with Gasteiger partial charge in [0, 0.05) is 11.5 Å². The molecule has 24 heavy (non-hydrogen) atoms. The lowest BCUT2D eigenvalue weighted by Gasteiger charge is -2.24. The predicted molar refractivity (Wildman–Crippen MR) is 84.1 cm³/mol. The van der Waals surface area contributed by atoms with E-state index in [0.717, 1.165) is 18.4 Å². The number of fused-ring (bicyclic) bond motifs is 1. The van der Waals surface area contributed by atoms with Crippen LogP contribution in [0.5, 0.6) is 0 Å². The van der Waals surface area contributed by atoms with Gasteiger partial charge >= 0.3 is 11.9 Å². The first kappa shape index (κ1) is 15.4. The number of ether oxygens (including phenoxy) is 2. The van der Waals surface area contributed by atoms with Crippen LogP contribution in [0.1, 0.15) is 35.7 Å². The Morgan fingerprint density at radius 2 is 1.92 bits per heavy atom. The fourth-order valence-corrected chi connectivity index (χ4v) is 4.58. The molecule has 2 bridgehead atoms. The largest absolute Gasteiger partial charge is 0.462 e. The number of esters is 2. The van der Waals surface area contributed by atoms with E-state index in [4.69, 9.17) is 9.47 Å². The second-order valence-corrected chi connectivity index (χ2v) is 7.23. The molecule has 0 radical (unpaired) electrons. The standard InChI is InChI=1S/C19H20O5/c1-9-3-5-11(6-4-9)17(20)10(2)23-18(21)15-12-7-13-14(8-12)24-19(22)16(13)15/h3-6,10,12-16H,7-8H2,1-2H3/t10-,12+,13-,14+,15+,16+/m0/s1. The van der Waals surface area contributed by atoms with Crippen LogP contribution in [0.4, 0.5) is 0 Å². The second kappa shape index (κ2) is 5.43. The van der Waals surface area contributed by atoms with Gasteiger partial charge in [-0.3, -0.25) is 14.4 Å². The lowest BCUT2D eigenvalue weighted by molar-refractivity contribution is -0.157. The van der Waals surface area contributed by atoms with Crippen molar-refractivity contribution in [1.82, 2.24) is 0 Å². The van der Waals surface area contributed by atoms with Gasteiger partial charge in [0.25, 0.3) is 0 Å². The Balaban J connectivity index is 1.45. The molecule has 4 rings (SSSR count). The topological polar surface area (TPSA) is 69.7 Å². The van der Waals surface area contributed by atoms with Gasteiger partial charge in [-0.2, -0.15) is 0 Å². The fourth-order valence-electron chi connectivity index (χ4n) is 4.58. The number of Topliss-reactive ketones (excluding diaryl/α,β-unsaturated/α-hetero) is 1. The van der Waals surface area contributed by atoms with Gasteiger partial charge in [0.05, 0.1) is 11.8 Å². The maximum Gasteiger partial charge on any atom is 0.310 e. The van der Waals surface area contributed by atoms with E-state index in [-0.39, 0.29) is 35.6 Å². The van der Waals surface area contributed by atoms with Crippen LogP contribution in [0.25, 0.3) is 0 Å². The normalized spacial score (nSPS) is 34.1. The van der Waals surface area contributed by atoms with Crippen molar-refractivity contribution in [2.45, 2.75) is 38.9 Å². The number of carbonyl (C=O) groups is 3. The van der Waals surface area contributed by atoms with E-state index in [1.165, 1.54) is 0 Å². The zero-order valence-corrected chi connectivity index (χ0v) is 13.7. The van der Waals surface area contributed by atoms with E-state index in [2.05, 4.69) is 0 Å². The SMILES string of the molecule is Cc1ccc(C(=O)[C@H](C)OC(=O)[C@@H]2[C@@H]3C[C@@H]4[C@H]2C(=O)O[C@@H]4C3)cc1. The Morgan fingerprint density at radius 3 is 2.62 bits per heavy atom. The molecule has 1 saturated heterocycles. The number of aryl methyl sites for hydroxylation is 1. The van der Waals surface area contributed by atoms with Gasteiger partial charge in [-0.1, -0.05) is 29.8 Å². The molecule has 0 amide bonds. The Bertz CT molecular complexity index is 705. The number of hydrogen-bond acceptors (Lipinski definition) is 5. The van der Waals surface area contributed by atoms with E-state index >= 15 is 0 Å². The molecule has 3 aliphatic rings. The molecule has 3 fully saturated rings. The van der Waals surface area contributed by atoms with E-state index in [1.807, 2.05) is 19.1 Å². The monoisotopic (exact) mass is 328 g/mol. The average Bonchev–Trinajstić information content (AvgIpc) is 3.16. The van der Waals surface area contributed by atoms with Crippen LogP contribution in [-0.4, -0.2) is 29.9 Å². The minimum atomic E-state index is -0.854. The average molecular weight is 328 g/mol. The summed E-state index contributed by atoms with van der Waals surface area (Å²) in [5, 5.41) is 0. The minimum absolute atomic E-state index is 0.0110. The zero-order chi connectivity index (χ0) is 17.0. The summed E-state index contributed by atoms with van der Waals surface area (Å²) < 4.78 is 10.8. The van der Waals surface area contributed by atoms with Crippen molar-refractivity contribution in [3.8, 4) is 0 Å². The van der Waals surface area contributed by atoms with Crippen molar-refractivity contribution in [3.63, 3.8) is 0 Å². The van der Waals surface area contributed by atoms with E-state index in [1.54, 1.807) is 19.1 Å². The molecule has 0 N–H and O–H groups in total. The van der Waals surface area contributed by atoms with Crippen molar-refractivity contribution in [1.29, 1.82) is 0 Å². The van der Waals surface area contributed by atoms with Gasteiger partial charge in [0.15, 0.2) is 6.10 Å². The Kier molecular flexibility index (Phi) is 3.48.